The minimum Gasteiger partial charge on any atom is -0.367 e. The maximum atomic E-state index is 13.2. The van der Waals surface area contributed by atoms with E-state index in [4.69, 9.17) is 23.8 Å². The molecule has 2 aromatic carbocycles. The molecule has 0 spiro atoms. The van der Waals surface area contributed by atoms with Gasteiger partial charge in [0.1, 0.15) is 5.82 Å². The quantitative estimate of drug-likeness (QED) is 0.465. The summed E-state index contributed by atoms with van der Waals surface area (Å²) in [6.07, 6.45) is 0. The van der Waals surface area contributed by atoms with E-state index >= 15 is 0 Å². The van der Waals surface area contributed by atoms with Gasteiger partial charge in [0.15, 0.2) is 5.11 Å². The molecule has 1 amide bonds. The van der Waals surface area contributed by atoms with Gasteiger partial charge in [-0.2, -0.15) is 0 Å². The number of halogens is 2. The molecule has 0 saturated carbocycles. The van der Waals surface area contributed by atoms with E-state index in [1.165, 1.54) is 30.3 Å². The van der Waals surface area contributed by atoms with Gasteiger partial charge >= 0.3 is 0 Å². The lowest BCUT2D eigenvalue weighted by Gasteiger charge is -2.37. The summed E-state index contributed by atoms with van der Waals surface area (Å²) in [5, 5.41) is 14.0. The first kappa shape index (κ1) is 20.0. The van der Waals surface area contributed by atoms with Crippen molar-refractivity contribution >= 4 is 46.2 Å². The standard InChI is InChI=1S/C18H16ClFN4O3S/c19-15-11-14(24(26)27)4-5-16(15)22-6-8-23(9-7-22)18(28)21-17(25)12-2-1-3-13(20)10-12/h1-5,10-11H,6-9H2,(H,21,25,28). The van der Waals surface area contributed by atoms with Gasteiger partial charge in [0.25, 0.3) is 11.6 Å². The summed E-state index contributed by atoms with van der Waals surface area (Å²) < 4.78 is 13.2. The number of hydrogen-bond donors (Lipinski definition) is 1. The predicted molar refractivity (Wildman–Crippen MR) is 108 cm³/mol. The molecule has 0 aliphatic carbocycles. The van der Waals surface area contributed by atoms with Crippen LogP contribution in [-0.4, -0.2) is 47.0 Å². The molecule has 0 aromatic heterocycles. The fourth-order valence-corrected chi connectivity index (χ4v) is 3.46. The second-order valence-electron chi connectivity index (χ2n) is 6.14. The number of nitrogens with zero attached hydrogens (tertiary/aromatic N) is 3. The Labute approximate surface area is 170 Å². The monoisotopic (exact) mass is 422 g/mol. The molecular formula is C18H16ClFN4O3S. The van der Waals surface area contributed by atoms with Crippen LogP contribution in [0, 0.1) is 15.9 Å². The van der Waals surface area contributed by atoms with Crippen molar-refractivity contribution in [1.82, 2.24) is 10.2 Å². The summed E-state index contributed by atoms with van der Waals surface area (Å²) in [5.74, 6) is -0.961. The number of nitrogens with one attached hydrogen (secondary N) is 1. The van der Waals surface area contributed by atoms with Crippen molar-refractivity contribution in [2.24, 2.45) is 0 Å². The lowest BCUT2D eigenvalue weighted by Crippen LogP contribution is -2.52. The van der Waals surface area contributed by atoms with Gasteiger partial charge in [0.05, 0.1) is 15.6 Å². The van der Waals surface area contributed by atoms with Crippen LogP contribution in [-0.2, 0) is 0 Å². The van der Waals surface area contributed by atoms with Crippen molar-refractivity contribution in [3.05, 3.63) is 69.0 Å². The van der Waals surface area contributed by atoms with Crippen LogP contribution in [0.2, 0.25) is 5.02 Å². The zero-order chi connectivity index (χ0) is 20.3. The number of carbonyl (C=O) groups is 1. The molecular weight excluding hydrogens is 407 g/mol. The normalized spacial score (nSPS) is 13.9. The van der Waals surface area contributed by atoms with E-state index in [-0.39, 0.29) is 16.4 Å². The smallest absolute Gasteiger partial charge is 0.271 e. The predicted octanol–water partition coefficient (Wildman–Crippen LogP) is 3.22. The third-order valence-corrected chi connectivity index (χ3v) is 5.02. The van der Waals surface area contributed by atoms with Crippen molar-refractivity contribution in [1.29, 1.82) is 0 Å². The van der Waals surface area contributed by atoms with Crippen LogP contribution in [0.3, 0.4) is 0 Å². The van der Waals surface area contributed by atoms with Gasteiger partial charge in [-0.05, 0) is 36.5 Å². The van der Waals surface area contributed by atoms with E-state index in [2.05, 4.69) is 5.32 Å². The molecule has 1 N–H and O–H groups in total. The van der Waals surface area contributed by atoms with Gasteiger partial charge in [-0.1, -0.05) is 17.7 Å². The lowest BCUT2D eigenvalue weighted by atomic mass is 10.2. The Bertz CT molecular complexity index is 935. The van der Waals surface area contributed by atoms with Crippen molar-refractivity contribution in [2.45, 2.75) is 0 Å². The number of benzene rings is 2. The first-order chi connectivity index (χ1) is 13.3. The summed E-state index contributed by atoms with van der Waals surface area (Å²) in [6, 6.07) is 9.74. The molecule has 3 rings (SSSR count). The van der Waals surface area contributed by atoms with E-state index in [1.54, 1.807) is 6.07 Å². The van der Waals surface area contributed by atoms with E-state index < -0.39 is 16.6 Å². The second kappa shape index (κ2) is 8.49. The van der Waals surface area contributed by atoms with E-state index in [0.29, 0.717) is 36.9 Å². The molecule has 10 heteroatoms. The zero-order valence-electron chi connectivity index (χ0n) is 14.6. The average molecular weight is 423 g/mol. The van der Waals surface area contributed by atoms with Crippen LogP contribution in [0.25, 0.3) is 0 Å². The Kier molecular flexibility index (Phi) is 6.05. The maximum absolute atomic E-state index is 13.2. The Hall–Kier alpha value is -2.78. The zero-order valence-corrected chi connectivity index (χ0v) is 16.2. The third kappa shape index (κ3) is 4.55. The highest BCUT2D eigenvalue weighted by molar-refractivity contribution is 7.80. The number of anilines is 1. The van der Waals surface area contributed by atoms with Crippen LogP contribution >= 0.6 is 23.8 Å². The minimum atomic E-state index is -0.493. The van der Waals surface area contributed by atoms with Gasteiger partial charge in [-0.25, -0.2) is 4.39 Å². The molecule has 2 aromatic rings. The summed E-state index contributed by atoms with van der Waals surface area (Å²) in [7, 11) is 0. The molecule has 0 radical (unpaired) electrons. The first-order valence-electron chi connectivity index (χ1n) is 8.40. The SMILES string of the molecule is O=C(NC(=S)N1CCN(c2ccc([N+](=O)[O-])cc2Cl)CC1)c1cccc(F)c1. The molecule has 1 saturated heterocycles. The topological polar surface area (TPSA) is 78.7 Å². The highest BCUT2D eigenvalue weighted by Crippen LogP contribution is 2.30. The molecule has 7 nitrogen and oxygen atoms in total. The molecule has 146 valence electrons. The lowest BCUT2D eigenvalue weighted by molar-refractivity contribution is -0.384. The van der Waals surface area contributed by atoms with Crippen molar-refractivity contribution in [2.75, 3.05) is 31.1 Å². The fourth-order valence-electron chi connectivity index (χ4n) is 2.89. The number of piperazine rings is 1. The number of nitro groups is 1. The number of carbonyl (C=O) groups excluding carboxylic acids is 1. The Morgan fingerprint density at radius 3 is 2.50 bits per heavy atom. The van der Waals surface area contributed by atoms with E-state index in [9.17, 15) is 19.3 Å². The Balaban J connectivity index is 1.58. The van der Waals surface area contributed by atoms with Crippen LogP contribution in [0.5, 0.6) is 0 Å². The number of hydrogen-bond acceptors (Lipinski definition) is 5. The molecule has 0 atom stereocenters. The summed E-state index contributed by atoms with van der Waals surface area (Å²) >= 11 is 11.5. The number of non-ortho nitro benzene ring substituents is 1. The molecule has 1 aliphatic rings. The van der Waals surface area contributed by atoms with E-state index in [1.807, 2.05) is 9.80 Å². The second-order valence-corrected chi connectivity index (χ2v) is 6.93. The molecule has 0 unspecified atom stereocenters. The van der Waals surface area contributed by atoms with E-state index in [0.717, 1.165) is 6.07 Å². The minimum absolute atomic E-state index is 0.0615. The highest BCUT2D eigenvalue weighted by Gasteiger charge is 2.23. The number of nitro benzene ring substituents is 1. The Morgan fingerprint density at radius 2 is 1.89 bits per heavy atom. The highest BCUT2D eigenvalue weighted by atomic mass is 35.5. The third-order valence-electron chi connectivity index (χ3n) is 4.36. The number of thiocarbonyl (C=S) groups is 1. The molecule has 1 fully saturated rings. The number of amides is 1. The van der Waals surface area contributed by atoms with Crippen LogP contribution in [0.15, 0.2) is 42.5 Å². The summed E-state index contributed by atoms with van der Waals surface area (Å²) in [6.45, 7) is 2.23. The van der Waals surface area contributed by atoms with Crippen LogP contribution in [0.1, 0.15) is 10.4 Å². The van der Waals surface area contributed by atoms with Crippen molar-refractivity contribution in [3.8, 4) is 0 Å². The Morgan fingerprint density at radius 1 is 1.18 bits per heavy atom. The van der Waals surface area contributed by atoms with Gasteiger partial charge in [0.2, 0.25) is 0 Å². The molecule has 0 bridgehead atoms. The molecule has 1 heterocycles. The molecule has 1 aliphatic heterocycles. The number of rotatable bonds is 3. The largest absolute Gasteiger partial charge is 0.367 e. The van der Waals surface area contributed by atoms with Gasteiger partial charge < -0.3 is 9.80 Å². The van der Waals surface area contributed by atoms with Crippen LogP contribution in [0.4, 0.5) is 15.8 Å². The summed E-state index contributed by atoms with van der Waals surface area (Å²) in [4.78, 5) is 26.4. The van der Waals surface area contributed by atoms with Crippen LogP contribution < -0.4 is 10.2 Å². The van der Waals surface area contributed by atoms with Crippen molar-refractivity contribution < 1.29 is 14.1 Å². The average Bonchev–Trinajstić information content (AvgIpc) is 2.68. The van der Waals surface area contributed by atoms with Gasteiger partial charge in [0, 0.05) is 43.9 Å². The summed E-state index contributed by atoms with van der Waals surface area (Å²) in [5.41, 5.74) is 0.842. The molecule has 28 heavy (non-hydrogen) atoms. The first-order valence-corrected chi connectivity index (χ1v) is 9.18. The van der Waals surface area contributed by atoms with Crippen molar-refractivity contribution in [3.63, 3.8) is 0 Å². The maximum Gasteiger partial charge on any atom is 0.271 e. The van der Waals surface area contributed by atoms with Gasteiger partial charge in [-0.15, -0.1) is 0 Å². The van der Waals surface area contributed by atoms with Gasteiger partial charge in [-0.3, -0.25) is 20.2 Å². The fraction of sp³-hybridized carbons (Fsp3) is 0.222.